The lowest BCUT2D eigenvalue weighted by Gasteiger charge is -2.19. The second-order valence-corrected chi connectivity index (χ2v) is 7.07. The van der Waals surface area contributed by atoms with Crippen LogP contribution in [0.15, 0.2) is 48.7 Å². The summed E-state index contributed by atoms with van der Waals surface area (Å²) >= 11 is 0. The molecule has 118 valence electrons. The number of benzene rings is 1. The molecule has 0 aliphatic heterocycles. The van der Waals surface area contributed by atoms with Crippen molar-refractivity contribution in [2.24, 2.45) is 0 Å². The molecular formula is C21H23NO. The second-order valence-electron chi connectivity index (χ2n) is 7.07. The van der Waals surface area contributed by atoms with Gasteiger partial charge in [-0.3, -0.25) is 4.79 Å². The molecule has 0 aliphatic carbocycles. The van der Waals surface area contributed by atoms with E-state index in [0.717, 1.165) is 35.0 Å². The van der Waals surface area contributed by atoms with E-state index in [1.54, 1.807) is 0 Å². The van der Waals surface area contributed by atoms with Gasteiger partial charge in [0.2, 0.25) is 0 Å². The molecule has 0 radical (unpaired) electrons. The van der Waals surface area contributed by atoms with Gasteiger partial charge in [-0.25, -0.2) is 0 Å². The van der Waals surface area contributed by atoms with E-state index in [-0.39, 0.29) is 5.41 Å². The molecule has 0 unspecified atom stereocenters. The van der Waals surface area contributed by atoms with Crippen molar-refractivity contribution in [1.29, 1.82) is 0 Å². The predicted molar refractivity (Wildman–Crippen MR) is 96.3 cm³/mol. The lowest BCUT2D eigenvalue weighted by Crippen LogP contribution is -2.10. The maximum Gasteiger partial charge on any atom is 0.167 e. The van der Waals surface area contributed by atoms with Crippen LogP contribution in [0.25, 0.3) is 16.6 Å². The zero-order valence-corrected chi connectivity index (χ0v) is 14.3. The Balaban J connectivity index is 2.14. The molecule has 0 fully saturated rings. The van der Waals surface area contributed by atoms with Crippen LogP contribution in [0.2, 0.25) is 0 Å². The quantitative estimate of drug-likeness (QED) is 0.603. The normalized spacial score (nSPS) is 11.8. The number of carbonyl (C=O) groups excluding carboxylic acids is 1. The summed E-state index contributed by atoms with van der Waals surface area (Å²) in [5.41, 5.74) is 6.51. The third-order valence-electron chi connectivity index (χ3n) is 4.45. The molecule has 0 N–H and O–H groups in total. The number of aldehydes is 1. The second kappa shape index (κ2) is 5.69. The van der Waals surface area contributed by atoms with E-state index in [9.17, 15) is 4.79 Å². The van der Waals surface area contributed by atoms with Crippen LogP contribution in [-0.2, 0) is 11.8 Å². The Morgan fingerprint density at radius 3 is 2.30 bits per heavy atom. The fourth-order valence-corrected chi connectivity index (χ4v) is 2.94. The fourth-order valence-electron chi connectivity index (χ4n) is 2.94. The molecule has 2 aromatic heterocycles. The van der Waals surface area contributed by atoms with E-state index >= 15 is 0 Å². The average molecular weight is 305 g/mol. The Hall–Kier alpha value is -2.35. The van der Waals surface area contributed by atoms with Crippen molar-refractivity contribution in [2.75, 3.05) is 0 Å². The SMILES string of the molecule is CCc1ccc2cc(-c3ccc(C(C)(C)C)cc3)c(C=O)n2c1. The minimum Gasteiger partial charge on any atom is -0.313 e. The molecule has 0 saturated heterocycles. The van der Waals surface area contributed by atoms with E-state index in [1.807, 2.05) is 4.40 Å². The molecule has 2 heterocycles. The predicted octanol–water partition coefficient (Wildman–Crippen LogP) is 5.28. The van der Waals surface area contributed by atoms with Gasteiger partial charge in [-0.15, -0.1) is 0 Å². The van der Waals surface area contributed by atoms with Crippen molar-refractivity contribution in [3.63, 3.8) is 0 Å². The number of pyridine rings is 1. The third kappa shape index (κ3) is 2.81. The molecule has 0 bridgehead atoms. The number of nitrogens with zero attached hydrogens (tertiary/aromatic N) is 1. The van der Waals surface area contributed by atoms with Gasteiger partial charge in [0, 0.05) is 17.3 Å². The van der Waals surface area contributed by atoms with Crippen LogP contribution in [-0.4, -0.2) is 10.7 Å². The maximum atomic E-state index is 11.7. The summed E-state index contributed by atoms with van der Waals surface area (Å²) < 4.78 is 2.00. The van der Waals surface area contributed by atoms with Crippen LogP contribution < -0.4 is 0 Å². The van der Waals surface area contributed by atoms with Gasteiger partial charge in [0.1, 0.15) is 0 Å². The topological polar surface area (TPSA) is 21.5 Å². The zero-order valence-electron chi connectivity index (χ0n) is 14.3. The molecular weight excluding hydrogens is 282 g/mol. The molecule has 0 aliphatic rings. The minimum atomic E-state index is 0.132. The van der Waals surface area contributed by atoms with Gasteiger partial charge >= 0.3 is 0 Å². The first-order valence-electron chi connectivity index (χ1n) is 8.14. The van der Waals surface area contributed by atoms with Gasteiger partial charge in [0.05, 0.1) is 5.69 Å². The maximum absolute atomic E-state index is 11.7. The molecule has 0 spiro atoms. The lowest BCUT2D eigenvalue weighted by molar-refractivity contribution is 0.111. The number of fused-ring (bicyclic) bond motifs is 1. The van der Waals surface area contributed by atoms with Gasteiger partial charge in [0.25, 0.3) is 0 Å². The highest BCUT2D eigenvalue weighted by Gasteiger charge is 2.15. The monoisotopic (exact) mass is 305 g/mol. The smallest absolute Gasteiger partial charge is 0.167 e. The van der Waals surface area contributed by atoms with Crippen molar-refractivity contribution in [1.82, 2.24) is 4.40 Å². The van der Waals surface area contributed by atoms with Crippen LogP contribution in [0.1, 0.15) is 49.3 Å². The highest BCUT2D eigenvalue weighted by molar-refractivity contribution is 5.89. The van der Waals surface area contributed by atoms with E-state index in [0.29, 0.717) is 0 Å². The van der Waals surface area contributed by atoms with Crippen LogP contribution in [0, 0.1) is 0 Å². The summed E-state index contributed by atoms with van der Waals surface area (Å²) in [4.78, 5) is 11.7. The Kier molecular flexibility index (Phi) is 3.85. The summed E-state index contributed by atoms with van der Waals surface area (Å²) in [7, 11) is 0. The fraction of sp³-hybridized carbons (Fsp3) is 0.286. The largest absolute Gasteiger partial charge is 0.313 e. The van der Waals surface area contributed by atoms with Gasteiger partial charge in [-0.05, 0) is 40.7 Å². The van der Waals surface area contributed by atoms with Gasteiger partial charge in [-0.2, -0.15) is 0 Å². The molecule has 2 nitrogen and oxygen atoms in total. The van der Waals surface area contributed by atoms with Crippen molar-refractivity contribution in [3.8, 4) is 11.1 Å². The highest BCUT2D eigenvalue weighted by Crippen LogP contribution is 2.30. The first-order chi connectivity index (χ1) is 10.9. The molecule has 0 amide bonds. The molecule has 2 heteroatoms. The van der Waals surface area contributed by atoms with Crippen LogP contribution in [0.4, 0.5) is 0 Å². The molecule has 3 aromatic rings. The number of hydrogen-bond acceptors (Lipinski definition) is 1. The number of carbonyl (C=O) groups is 1. The van der Waals surface area contributed by atoms with Crippen molar-refractivity contribution >= 4 is 11.8 Å². The zero-order chi connectivity index (χ0) is 16.6. The van der Waals surface area contributed by atoms with E-state index in [4.69, 9.17) is 0 Å². The van der Waals surface area contributed by atoms with Crippen molar-refractivity contribution < 1.29 is 4.79 Å². The van der Waals surface area contributed by atoms with Crippen LogP contribution >= 0.6 is 0 Å². The molecule has 3 rings (SSSR count). The summed E-state index contributed by atoms with van der Waals surface area (Å²) in [5.74, 6) is 0. The Bertz CT molecular complexity index is 848. The number of aromatic nitrogens is 1. The summed E-state index contributed by atoms with van der Waals surface area (Å²) in [6, 6.07) is 14.8. The first-order valence-corrected chi connectivity index (χ1v) is 8.14. The summed E-state index contributed by atoms with van der Waals surface area (Å²) in [6.07, 6.45) is 3.98. The van der Waals surface area contributed by atoms with Gasteiger partial charge in [-0.1, -0.05) is 58.0 Å². The summed E-state index contributed by atoms with van der Waals surface area (Å²) in [6.45, 7) is 8.74. The Labute approximate surface area is 137 Å². The molecule has 0 saturated carbocycles. The molecule has 1 aromatic carbocycles. The third-order valence-corrected chi connectivity index (χ3v) is 4.45. The Morgan fingerprint density at radius 1 is 1.04 bits per heavy atom. The number of hydrogen-bond donors (Lipinski definition) is 0. The number of rotatable bonds is 3. The van der Waals surface area contributed by atoms with Crippen molar-refractivity contribution in [2.45, 2.75) is 39.5 Å². The number of aryl methyl sites for hydroxylation is 1. The molecule has 23 heavy (non-hydrogen) atoms. The molecule has 0 atom stereocenters. The highest BCUT2D eigenvalue weighted by atomic mass is 16.1. The van der Waals surface area contributed by atoms with Crippen molar-refractivity contribution in [3.05, 3.63) is 65.5 Å². The van der Waals surface area contributed by atoms with Crippen LogP contribution in [0.5, 0.6) is 0 Å². The van der Waals surface area contributed by atoms with Crippen LogP contribution in [0.3, 0.4) is 0 Å². The Morgan fingerprint density at radius 2 is 1.74 bits per heavy atom. The van der Waals surface area contributed by atoms with Gasteiger partial charge in [0.15, 0.2) is 6.29 Å². The minimum absolute atomic E-state index is 0.132. The van der Waals surface area contributed by atoms with Gasteiger partial charge < -0.3 is 4.40 Å². The van der Waals surface area contributed by atoms with E-state index < -0.39 is 0 Å². The summed E-state index contributed by atoms with van der Waals surface area (Å²) in [5, 5.41) is 0. The average Bonchev–Trinajstić information content (AvgIpc) is 2.91. The first kappa shape index (κ1) is 15.5. The van der Waals surface area contributed by atoms with E-state index in [1.165, 1.54) is 11.1 Å². The van der Waals surface area contributed by atoms with E-state index in [2.05, 4.69) is 76.4 Å². The lowest BCUT2D eigenvalue weighted by atomic mass is 9.86. The standard InChI is InChI=1S/C21H23NO/c1-5-15-6-11-18-12-19(20(14-23)22(18)13-15)16-7-9-17(10-8-16)21(2,3)4/h6-14H,5H2,1-4H3.